The first-order chi connectivity index (χ1) is 13.9. The van der Waals surface area contributed by atoms with Crippen LogP contribution in [0.1, 0.15) is 23.7 Å². The summed E-state index contributed by atoms with van der Waals surface area (Å²) >= 11 is 0. The zero-order valence-corrected chi connectivity index (χ0v) is 15.0. The average Bonchev–Trinajstić information content (AvgIpc) is 2.58. The molecule has 2 rings (SSSR count). The largest absolute Gasteiger partial charge is 0.459 e. The molecule has 0 saturated heterocycles. The van der Waals surface area contributed by atoms with Gasteiger partial charge in [-0.15, -0.1) is 0 Å². The minimum atomic E-state index is -6.17. The van der Waals surface area contributed by atoms with E-state index in [1.807, 2.05) is 0 Å². The summed E-state index contributed by atoms with van der Waals surface area (Å²) in [5.41, 5.74) is -8.31. The first kappa shape index (κ1) is 24.4. The van der Waals surface area contributed by atoms with Gasteiger partial charge in [-0.3, -0.25) is 9.36 Å². The van der Waals surface area contributed by atoms with Gasteiger partial charge in [-0.1, -0.05) is 0 Å². The lowest BCUT2D eigenvalue weighted by atomic mass is 10.1. The third-order valence-corrected chi connectivity index (χ3v) is 3.90. The van der Waals surface area contributed by atoms with Gasteiger partial charge in [-0.05, 0) is 25.1 Å². The number of nitrogens with zero attached hydrogens (tertiary/aromatic N) is 2. The molecule has 4 nitrogen and oxygen atoms in total. The molecule has 0 aliphatic rings. The molecule has 0 spiro atoms. The van der Waals surface area contributed by atoms with E-state index in [9.17, 15) is 53.1 Å². The lowest BCUT2D eigenvalue weighted by Gasteiger charge is -2.22. The first-order valence-corrected chi connectivity index (χ1v) is 8.02. The van der Waals surface area contributed by atoms with Crippen LogP contribution in [0.3, 0.4) is 0 Å². The molecule has 31 heavy (non-hydrogen) atoms. The molecule has 172 valence electrons. The molecule has 0 atom stereocenters. The number of rotatable bonds is 4. The van der Waals surface area contributed by atoms with Gasteiger partial charge < -0.3 is 5.32 Å². The fourth-order valence-electron chi connectivity index (χ4n) is 2.40. The zero-order chi connectivity index (χ0) is 24.0. The number of nitrogens with one attached hydrogen (secondary N) is 1. The molecule has 2 aromatic rings. The van der Waals surface area contributed by atoms with Gasteiger partial charge in [-0.25, -0.2) is 4.98 Å². The van der Waals surface area contributed by atoms with Crippen LogP contribution in [0.2, 0.25) is 0 Å². The van der Waals surface area contributed by atoms with E-state index in [2.05, 4.69) is 4.98 Å². The lowest BCUT2D eigenvalue weighted by Crippen LogP contribution is -2.37. The molecule has 1 aromatic carbocycles. The van der Waals surface area contributed by atoms with E-state index in [1.54, 1.807) is 5.32 Å². The van der Waals surface area contributed by atoms with Crippen LogP contribution >= 0.6 is 0 Å². The highest BCUT2D eigenvalue weighted by molar-refractivity contribution is 5.61. The Hall–Kier alpha value is -2.87. The van der Waals surface area contributed by atoms with E-state index in [0.29, 0.717) is 4.57 Å². The summed E-state index contributed by atoms with van der Waals surface area (Å²) in [5, 5.41) is 1.75. The average molecular weight is 469 g/mol. The summed E-state index contributed by atoms with van der Waals surface area (Å²) in [6, 6.07) is 0.0804. The Balaban J connectivity index is 2.70. The lowest BCUT2D eigenvalue weighted by molar-refractivity contribution is -0.291. The van der Waals surface area contributed by atoms with Crippen molar-refractivity contribution in [2.45, 2.75) is 37.9 Å². The minimum absolute atomic E-state index is 0.139. The van der Waals surface area contributed by atoms with Gasteiger partial charge in [0.25, 0.3) is 5.56 Å². The van der Waals surface area contributed by atoms with Crippen molar-refractivity contribution in [3.8, 4) is 0 Å². The van der Waals surface area contributed by atoms with Gasteiger partial charge >= 0.3 is 24.5 Å². The molecule has 0 unspecified atom stereocenters. The Morgan fingerprint density at radius 1 is 0.903 bits per heavy atom. The molecule has 1 N–H and O–H groups in total. The third kappa shape index (κ3) is 4.90. The number of anilines is 2. The molecule has 0 amide bonds. The van der Waals surface area contributed by atoms with E-state index >= 15 is 0 Å². The maximum Gasteiger partial charge on any atom is 0.459 e. The summed E-state index contributed by atoms with van der Waals surface area (Å²) in [6.07, 6.45) is -16.7. The van der Waals surface area contributed by atoms with Gasteiger partial charge in [0.15, 0.2) is 0 Å². The molecular formula is C16H10F11N3O. The van der Waals surface area contributed by atoms with E-state index in [-0.39, 0.29) is 24.3 Å². The highest BCUT2D eigenvalue weighted by atomic mass is 19.4. The Kier molecular flexibility index (Phi) is 6.04. The van der Waals surface area contributed by atoms with E-state index in [1.165, 1.54) is 6.92 Å². The number of hydrogen-bond acceptors (Lipinski definition) is 3. The van der Waals surface area contributed by atoms with Gasteiger partial charge in [0.05, 0.1) is 16.8 Å². The third-order valence-electron chi connectivity index (χ3n) is 3.90. The second-order valence-corrected chi connectivity index (χ2v) is 6.00. The highest BCUT2D eigenvalue weighted by Crippen LogP contribution is 2.43. The quantitative estimate of drug-likeness (QED) is 0.585. The predicted octanol–water partition coefficient (Wildman–Crippen LogP) is 5.70. The molecule has 15 heteroatoms. The van der Waals surface area contributed by atoms with Crippen molar-refractivity contribution in [3.05, 3.63) is 51.4 Å². The van der Waals surface area contributed by atoms with Crippen molar-refractivity contribution in [1.82, 2.24) is 9.55 Å². The van der Waals surface area contributed by atoms with Crippen molar-refractivity contribution >= 4 is 11.6 Å². The van der Waals surface area contributed by atoms with Crippen molar-refractivity contribution in [1.29, 1.82) is 0 Å². The van der Waals surface area contributed by atoms with E-state index < -0.39 is 65.0 Å². The molecule has 0 fully saturated rings. The van der Waals surface area contributed by atoms with Gasteiger partial charge in [0.2, 0.25) is 5.95 Å². The molecule has 0 radical (unpaired) electrons. The van der Waals surface area contributed by atoms with Crippen LogP contribution in [0.4, 0.5) is 59.9 Å². The van der Waals surface area contributed by atoms with Crippen LogP contribution in [0.15, 0.2) is 29.1 Å². The second-order valence-electron chi connectivity index (χ2n) is 6.00. The molecule has 0 bridgehead atoms. The van der Waals surface area contributed by atoms with Crippen LogP contribution in [-0.2, 0) is 24.8 Å². The maximum atomic E-state index is 13.6. The molecular weight excluding hydrogens is 459 g/mol. The monoisotopic (exact) mass is 469 g/mol. The number of benzene rings is 1. The minimum Gasteiger partial charge on any atom is -0.325 e. The van der Waals surface area contributed by atoms with Crippen LogP contribution in [0.5, 0.6) is 0 Å². The Morgan fingerprint density at radius 2 is 1.48 bits per heavy atom. The summed E-state index contributed by atoms with van der Waals surface area (Å²) in [6.45, 7) is 0.779. The normalized spacial score (nSPS) is 13.4. The summed E-state index contributed by atoms with van der Waals surface area (Å²) in [4.78, 5) is 14.9. The van der Waals surface area contributed by atoms with Crippen molar-refractivity contribution in [3.63, 3.8) is 0 Å². The van der Waals surface area contributed by atoms with E-state index in [0.717, 1.165) is 0 Å². The molecule has 1 aromatic heterocycles. The smallest absolute Gasteiger partial charge is 0.325 e. The van der Waals surface area contributed by atoms with Gasteiger partial charge in [0, 0.05) is 12.6 Å². The standard InChI is InChI=1S/C16H10F11N3O/c1-2-30-11(31)6-10(13(17,18)16(25,26)27)29-12(30)28-9-4-3-7(14(19,20)21)5-8(9)15(22,23)24/h3-6H,2H2,1H3,(H,28,29). The SMILES string of the molecule is CCn1c(Nc2ccc(C(F)(F)F)cc2C(F)(F)F)nc(C(F)(F)C(F)(F)F)cc1=O. The topological polar surface area (TPSA) is 46.9 Å². The highest BCUT2D eigenvalue weighted by Gasteiger charge is 2.60. The molecule has 0 saturated carbocycles. The Morgan fingerprint density at radius 3 is 1.94 bits per heavy atom. The molecule has 0 aliphatic carbocycles. The Bertz CT molecular complexity index is 1020. The van der Waals surface area contributed by atoms with Crippen LogP contribution in [0.25, 0.3) is 0 Å². The van der Waals surface area contributed by atoms with Gasteiger partial charge in [0.1, 0.15) is 5.69 Å². The van der Waals surface area contributed by atoms with Crippen LogP contribution in [0, 0.1) is 0 Å². The maximum absolute atomic E-state index is 13.6. The van der Waals surface area contributed by atoms with Crippen LogP contribution < -0.4 is 10.9 Å². The number of alkyl halides is 11. The van der Waals surface area contributed by atoms with Crippen molar-refractivity contribution in [2.24, 2.45) is 0 Å². The molecule has 1 heterocycles. The first-order valence-electron chi connectivity index (χ1n) is 8.02. The van der Waals surface area contributed by atoms with Crippen molar-refractivity contribution < 1.29 is 48.3 Å². The number of aromatic nitrogens is 2. The van der Waals surface area contributed by atoms with Crippen molar-refractivity contribution in [2.75, 3.05) is 5.32 Å². The summed E-state index contributed by atoms with van der Waals surface area (Å²) in [7, 11) is 0. The summed E-state index contributed by atoms with van der Waals surface area (Å²) in [5.74, 6) is -6.78. The van der Waals surface area contributed by atoms with Crippen LogP contribution in [-0.4, -0.2) is 15.7 Å². The number of halogens is 11. The van der Waals surface area contributed by atoms with E-state index in [4.69, 9.17) is 0 Å². The fraction of sp³-hybridized carbons (Fsp3) is 0.375. The second kappa shape index (κ2) is 7.67. The molecule has 0 aliphatic heterocycles. The predicted molar refractivity (Wildman–Crippen MR) is 83.8 cm³/mol. The fourth-order valence-corrected chi connectivity index (χ4v) is 2.40. The number of hydrogen-bond donors (Lipinski definition) is 1. The Labute approximate surface area is 165 Å². The zero-order valence-electron chi connectivity index (χ0n) is 15.0. The van der Waals surface area contributed by atoms with Gasteiger partial charge in [-0.2, -0.15) is 48.3 Å². The summed E-state index contributed by atoms with van der Waals surface area (Å²) < 4.78 is 143.